The van der Waals surface area contributed by atoms with Crippen LogP contribution in [0.5, 0.6) is 11.5 Å². The molecule has 0 aromatic heterocycles. The van der Waals surface area contributed by atoms with E-state index in [-0.39, 0.29) is 12.0 Å². The molecule has 0 spiro atoms. The number of aryl methyl sites for hydroxylation is 1. The highest BCUT2D eigenvalue weighted by Gasteiger charge is 2.19. The van der Waals surface area contributed by atoms with E-state index in [9.17, 15) is 4.79 Å². The fourth-order valence-corrected chi connectivity index (χ4v) is 2.63. The standard InChI is InChI=1S/C22H29NO3/c1-14(2)18-12-11-16(5)13-21(18)26-17(6)22(24)23-19-9-7-8-10-20(19)25-15(3)4/h7-15,17H,1-6H3,(H,23,24)/t17-/m1/s1. The van der Waals surface area contributed by atoms with Gasteiger partial charge in [0.2, 0.25) is 0 Å². The van der Waals surface area contributed by atoms with Crippen molar-refractivity contribution in [2.45, 2.75) is 59.7 Å². The number of nitrogens with one attached hydrogen (secondary N) is 1. The van der Waals surface area contributed by atoms with Crippen molar-refractivity contribution in [2.24, 2.45) is 0 Å². The molecular weight excluding hydrogens is 326 g/mol. The summed E-state index contributed by atoms with van der Waals surface area (Å²) in [5, 5.41) is 2.91. The minimum Gasteiger partial charge on any atom is -0.489 e. The largest absolute Gasteiger partial charge is 0.489 e. The van der Waals surface area contributed by atoms with Crippen molar-refractivity contribution in [1.82, 2.24) is 0 Å². The van der Waals surface area contributed by atoms with Gasteiger partial charge in [-0.15, -0.1) is 0 Å². The number of amides is 1. The molecule has 0 heterocycles. The molecule has 0 aliphatic heterocycles. The van der Waals surface area contributed by atoms with E-state index >= 15 is 0 Å². The van der Waals surface area contributed by atoms with Gasteiger partial charge in [-0.3, -0.25) is 4.79 Å². The third kappa shape index (κ3) is 5.25. The summed E-state index contributed by atoms with van der Waals surface area (Å²) >= 11 is 0. The summed E-state index contributed by atoms with van der Waals surface area (Å²) in [6.07, 6.45) is -0.593. The molecule has 0 fully saturated rings. The summed E-state index contributed by atoms with van der Waals surface area (Å²) in [5.41, 5.74) is 2.85. The van der Waals surface area contributed by atoms with Gasteiger partial charge < -0.3 is 14.8 Å². The van der Waals surface area contributed by atoms with E-state index in [1.807, 2.05) is 51.1 Å². The first kappa shape index (κ1) is 19.8. The summed E-state index contributed by atoms with van der Waals surface area (Å²) in [4.78, 5) is 12.6. The predicted molar refractivity (Wildman–Crippen MR) is 106 cm³/mol. The van der Waals surface area contributed by atoms with Crippen molar-refractivity contribution in [3.05, 3.63) is 53.6 Å². The Bertz CT molecular complexity index is 753. The van der Waals surface area contributed by atoms with Crippen LogP contribution in [0.25, 0.3) is 0 Å². The Morgan fingerprint density at radius 1 is 0.923 bits per heavy atom. The van der Waals surface area contributed by atoms with Gasteiger partial charge in [0.15, 0.2) is 6.10 Å². The van der Waals surface area contributed by atoms with Crippen LogP contribution in [0.1, 0.15) is 51.7 Å². The highest BCUT2D eigenvalue weighted by Crippen LogP contribution is 2.29. The Labute approximate surface area is 156 Å². The van der Waals surface area contributed by atoms with Crippen LogP contribution in [0.4, 0.5) is 5.69 Å². The average molecular weight is 355 g/mol. The number of carbonyl (C=O) groups excluding carboxylic acids is 1. The molecule has 2 aromatic carbocycles. The molecule has 4 heteroatoms. The second-order valence-corrected chi connectivity index (χ2v) is 7.11. The molecule has 0 unspecified atom stereocenters. The Kier molecular flexibility index (Phi) is 6.67. The van der Waals surface area contributed by atoms with Gasteiger partial charge in [-0.05, 0) is 62.9 Å². The van der Waals surface area contributed by atoms with Gasteiger partial charge >= 0.3 is 0 Å². The molecule has 4 nitrogen and oxygen atoms in total. The molecule has 0 aliphatic carbocycles. The van der Waals surface area contributed by atoms with Gasteiger partial charge in [0.1, 0.15) is 11.5 Å². The van der Waals surface area contributed by atoms with E-state index in [4.69, 9.17) is 9.47 Å². The van der Waals surface area contributed by atoms with Gasteiger partial charge in [0, 0.05) is 0 Å². The topological polar surface area (TPSA) is 47.6 Å². The van der Waals surface area contributed by atoms with E-state index in [1.54, 1.807) is 6.92 Å². The van der Waals surface area contributed by atoms with Crippen LogP contribution in [0, 0.1) is 6.92 Å². The predicted octanol–water partition coefficient (Wildman–Crippen LogP) is 5.31. The van der Waals surface area contributed by atoms with Crippen LogP contribution < -0.4 is 14.8 Å². The number of para-hydroxylation sites is 2. The average Bonchev–Trinajstić information content (AvgIpc) is 2.55. The molecule has 1 N–H and O–H groups in total. The number of hydrogen-bond donors (Lipinski definition) is 1. The van der Waals surface area contributed by atoms with Gasteiger partial charge in [-0.1, -0.05) is 38.1 Å². The molecule has 2 rings (SSSR count). The molecule has 0 aliphatic rings. The van der Waals surface area contributed by atoms with Crippen molar-refractivity contribution in [3.8, 4) is 11.5 Å². The van der Waals surface area contributed by atoms with Crippen LogP contribution in [0.15, 0.2) is 42.5 Å². The molecule has 26 heavy (non-hydrogen) atoms. The van der Waals surface area contributed by atoms with Gasteiger partial charge in [-0.2, -0.15) is 0 Å². The zero-order chi connectivity index (χ0) is 19.3. The van der Waals surface area contributed by atoms with Crippen molar-refractivity contribution in [1.29, 1.82) is 0 Å². The summed E-state index contributed by atoms with van der Waals surface area (Å²) in [7, 11) is 0. The van der Waals surface area contributed by atoms with Crippen molar-refractivity contribution in [2.75, 3.05) is 5.32 Å². The van der Waals surface area contributed by atoms with Crippen molar-refractivity contribution in [3.63, 3.8) is 0 Å². The van der Waals surface area contributed by atoms with Gasteiger partial charge in [0.05, 0.1) is 11.8 Å². The van der Waals surface area contributed by atoms with Gasteiger partial charge in [-0.25, -0.2) is 0 Å². The summed E-state index contributed by atoms with van der Waals surface area (Å²) in [6, 6.07) is 13.5. The fraction of sp³-hybridized carbons (Fsp3) is 0.409. The molecule has 2 aromatic rings. The van der Waals surface area contributed by atoms with E-state index in [2.05, 4.69) is 31.3 Å². The normalized spacial score (nSPS) is 12.2. The van der Waals surface area contributed by atoms with Crippen LogP contribution in [0.3, 0.4) is 0 Å². The first-order valence-electron chi connectivity index (χ1n) is 9.11. The molecule has 1 atom stereocenters. The lowest BCUT2D eigenvalue weighted by Gasteiger charge is -2.20. The van der Waals surface area contributed by atoms with Crippen molar-refractivity contribution >= 4 is 11.6 Å². The smallest absolute Gasteiger partial charge is 0.265 e. The zero-order valence-corrected chi connectivity index (χ0v) is 16.5. The molecule has 0 bridgehead atoms. The number of rotatable bonds is 7. The quantitative estimate of drug-likeness (QED) is 0.732. The minimum atomic E-state index is -0.624. The highest BCUT2D eigenvalue weighted by molar-refractivity contribution is 5.95. The summed E-state index contributed by atoms with van der Waals surface area (Å²) in [6.45, 7) is 11.9. The first-order valence-corrected chi connectivity index (χ1v) is 9.11. The highest BCUT2D eigenvalue weighted by atomic mass is 16.5. The Morgan fingerprint density at radius 3 is 2.27 bits per heavy atom. The molecular formula is C22H29NO3. The summed E-state index contributed by atoms with van der Waals surface area (Å²) in [5.74, 6) is 1.53. The fourth-order valence-electron chi connectivity index (χ4n) is 2.63. The number of anilines is 1. The lowest BCUT2D eigenvalue weighted by atomic mass is 10.0. The van der Waals surface area contributed by atoms with E-state index < -0.39 is 6.10 Å². The Morgan fingerprint density at radius 2 is 1.62 bits per heavy atom. The maximum absolute atomic E-state index is 12.6. The number of benzene rings is 2. The van der Waals surface area contributed by atoms with Crippen LogP contribution in [0.2, 0.25) is 0 Å². The molecule has 0 saturated carbocycles. The monoisotopic (exact) mass is 355 g/mol. The van der Waals surface area contributed by atoms with E-state index in [1.165, 1.54) is 0 Å². The third-order valence-corrected chi connectivity index (χ3v) is 3.97. The molecule has 0 saturated heterocycles. The van der Waals surface area contributed by atoms with Gasteiger partial charge in [0.25, 0.3) is 5.91 Å². The van der Waals surface area contributed by atoms with Crippen LogP contribution in [-0.4, -0.2) is 18.1 Å². The number of hydrogen-bond acceptors (Lipinski definition) is 3. The zero-order valence-electron chi connectivity index (χ0n) is 16.5. The number of ether oxygens (including phenoxy) is 2. The number of carbonyl (C=O) groups is 1. The lowest BCUT2D eigenvalue weighted by molar-refractivity contribution is -0.122. The van der Waals surface area contributed by atoms with Crippen LogP contribution in [-0.2, 0) is 4.79 Å². The molecule has 0 radical (unpaired) electrons. The SMILES string of the molecule is Cc1ccc(C(C)C)c(O[C@H](C)C(=O)Nc2ccccc2OC(C)C)c1. The molecule has 140 valence electrons. The maximum Gasteiger partial charge on any atom is 0.265 e. The Hall–Kier alpha value is -2.49. The Balaban J connectivity index is 2.13. The second-order valence-electron chi connectivity index (χ2n) is 7.11. The maximum atomic E-state index is 12.6. The summed E-state index contributed by atoms with van der Waals surface area (Å²) < 4.78 is 11.7. The first-order chi connectivity index (χ1) is 12.3. The van der Waals surface area contributed by atoms with E-state index in [0.29, 0.717) is 17.4 Å². The second kappa shape index (κ2) is 8.75. The third-order valence-electron chi connectivity index (χ3n) is 3.97. The lowest BCUT2D eigenvalue weighted by Crippen LogP contribution is -2.30. The van der Waals surface area contributed by atoms with E-state index in [0.717, 1.165) is 16.9 Å². The minimum absolute atomic E-state index is 0.0302. The van der Waals surface area contributed by atoms with Crippen molar-refractivity contribution < 1.29 is 14.3 Å². The molecule has 1 amide bonds. The van der Waals surface area contributed by atoms with Crippen LogP contribution >= 0.6 is 0 Å².